The lowest BCUT2D eigenvalue weighted by Gasteiger charge is -2.17. The summed E-state index contributed by atoms with van der Waals surface area (Å²) < 4.78 is 5.73. The van der Waals surface area contributed by atoms with Crippen LogP contribution in [0.3, 0.4) is 0 Å². The lowest BCUT2D eigenvalue weighted by molar-refractivity contribution is -0.113. The third-order valence-electron chi connectivity index (χ3n) is 3.58. The van der Waals surface area contributed by atoms with Gasteiger partial charge in [0, 0.05) is 0 Å². The number of hydrogen-bond acceptors (Lipinski definition) is 5. The van der Waals surface area contributed by atoms with Gasteiger partial charge in [-0.3, -0.25) is 9.69 Å². The number of thiocarbonyl (C=S) groups is 1. The van der Waals surface area contributed by atoms with Crippen LogP contribution in [0.5, 0.6) is 5.75 Å². The first kappa shape index (κ1) is 17.2. The van der Waals surface area contributed by atoms with Gasteiger partial charge in [-0.1, -0.05) is 48.2 Å². The van der Waals surface area contributed by atoms with Gasteiger partial charge in [-0.25, -0.2) is 4.79 Å². The van der Waals surface area contributed by atoms with E-state index in [4.69, 9.17) is 22.1 Å². The van der Waals surface area contributed by atoms with Gasteiger partial charge in [-0.15, -0.1) is 0 Å². The van der Waals surface area contributed by atoms with Crippen molar-refractivity contribution in [1.82, 2.24) is 0 Å². The lowest BCUT2D eigenvalue weighted by Crippen LogP contribution is -2.27. The van der Waals surface area contributed by atoms with Crippen LogP contribution in [-0.4, -0.2) is 28.4 Å². The molecule has 7 heteroatoms. The highest BCUT2D eigenvalue weighted by Crippen LogP contribution is 2.39. The Bertz CT molecular complexity index is 890. The molecule has 126 valence electrons. The van der Waals surface area contributed by atoms with Crippen LogP contribution in [0.4, 0.5) is 5.69 Å². The number of carboxylic acid groups (broad SMARTS) is 1. The summed E-state index contributed by atoms with van der Waals surface area (Å²) in [4.78, 5) is 25.6. The molecule has 0 radical (unpaired) electrons. The number of rotatable bonds is 4. The van der Waals surface area contributed by atoms with Gasteiger partial charge in [0.2, 0.25) is 0 Å². The molecular formula is C18H13NO4S2. The van der Waals surface area contributed by atoms with Crippen molar-refractivity contribution in [1.29, 1.82) is 0 Å². The number of carbonyl (C=O) groups excluding carboxylic acids is 1. The normalized spacial score (nSPS) is 15.7. The number of anilines is 1. The van der Waals surface area contributed by atoms with Gasteiger partial charge in [0.15, 0.2) is 4.32 Å². The minimum atomic E-state index is -0.992. The summed E-state index contributed by atoms with van der Waals surface area (Å²) in [7, 11) is 1.54. The number of benzene rings is 2. The summed E-state index contributed by atoms with van der Waals surface area (Å²) in [6.07, 6.45) is 1.69. The Hall–Kier alpha value is -2.64. The van der Waals surface area contributed by atoms with E-state index in [1.807, 2.05) is 12.1 Å². The third kappa shape index (κ3) is 3.42. The number of para-hydroxylation sites is 2. The molecule has 0 saturated carbocycles. The fraction of sp³-hybridized carbons (Fsp3) is 0.0556. The molecule has 5 nitrogen and oxygen atoms in total. The van der Waals surface area contributed by atoms with Crippen molar-refractivity contribution in [2.45, 2.75) is 0 Å². The fourth-order valence-electron chi connectivity index (χ4n) is 2.36. The molecule has 25 heavy (non-hydrogen) atoms. The van der Waals surface area contributed by atoms with Crippen molar-refractivity contribution < 1.29 is 19.4 Å². The Labute approximate surface area is 153 Å². The average Bonchev–Trinajstić information content (AvgIpc) is 2.89. The van der Waals surface area contributed by atoms with Crippen LogP contribution in [0.1, 0.15) is 15.9 Å². The van der Waals surface area contributed by atoms with Crippen LogP contribution >= 0.6 is 24.0 Å². The standard InChI is InChI=1S/C18H13NO4S2/c1-23-14-5-3-2-4-13(14)19-16(20)15(25-18(19)24)10-11-6-8-12(9-7-11)17(21)22/h2-10H,1H3,(H,21,22)/b15-10+. The predicted molar refractivity (Wildman–Crippen MR) is 102 cm³/mol. The second kappa shape index (κ2) is 7.08. The van der Waals surface area contributed by atoms with Crippen molar-refractivity contribution in [2.75, 3.05) is 12.0 Å². The zero-order valence-electron chi connectivity index (χ0n) is 13.1. The van der Waals surface area contributed by atoms with Crippen LogP contribution in [0.2, 0.25) is 0 Å². The van der Waals surface area contributed by atoms with E-state index in [1.165, 1.54) is 35.9 Å². The maximum atomic E-state index is 12.8. The maximum Gasteiger partial charge on any atom is 0.335 e. The van der Waals surface area contributed by atoms with Crippen LogP contribution in [0, 0.1) is 0 Å². The Morgan fingerprint density at radius 1 is 1.20 bits per heavy atom. The monoisotopic (exact) mass is 371 g/mol. The Morgan fingerprint density at radius 2 is 1.88 bits per heavy atom. The Morgan fingerprint density at radius 3 is 2.52 bits per heavy atom. The van der Waals surface area contributed by atoms with E-state index >= 15 is 0 Å². The molecule has 0 aliphatic carbocycles. The molecule has 1 amide bonds. The van der Waals surface area contributed by atoms with E-state index in [0.717, 1.165) is 5.56 Å². The predicted octanol–water partition coefficient (Wildman–Crippen LogP) is 3.80. The quantitative estimate of drug-likeness (QED) is 0.651. The first-order chi connectivity index (χ1) is 12.0. The third-order valence-corrected chi connectivity index (χ3v) is 4.88. The molecule has 1 aliphatic heterocycles. The zero-order chi connectivity index (χ0) is 18.0. The van der Waals surface area contributed by atoms with E-state index in [1.54, 1.807) is 30.3 Å². The smallest absolute Gasteiger partial charge is 0.335 e. The second-order valence-corrected chi connectivity index (χ2v) is 6.79. The first-order valence-corrected chi connectivity index (χ1v) is 8.48. The number of nitrogens with zero attached hydrogens (tertiary/aromatic N) is 1. The minimum absolute atomic E-state index is 0.193. The second-order valence-electron chi connectivity index (χ2n) is 5.12. The summed E-state index contributed by atoms with van der Waals surface area (Å²) >= 11 is 6.55. The zero-order valence-corrected chi connectivity index (χ0v) is 14.8. The van der Waals surface area contributed by atoms with Crippen molar-refractivity contribution >= 4 is 51.9 Å². The Kier molecular flexibility index (Phi) is 4.87. The van der Waals surface area contributed by atoms with E-state index in [0.29, 0.717) is 20.7 Å². The highest BCUT2D eigenvalue weighted by Gasteiger charge is 2.34. The average molecular weight is 371 g/mol. The number of ether oxygens (including phenoxy) is 1. The van der Waals surface area contributed by atoms with E-state index in [9.17, 15) is 9.59 Å². The number of methoxy groups -OCH3 is 1. The summed E-state index contributed by atoms with van der Waals surface area (Å²) in [5.41, 5.74) is 1.52. The van der Waals surface area contributed by atoms with Gasteiger partial charge in [-0.05, 0) is 35.9 Å². The SMILES string of the molecule is COc1ccccc1N1C(=O)/C(=C\c2ccc(C(=O)O)cc2)SC1=S. The molecule has 1 fully saturated rings. The van der Waals surface area contributed by atoms with E-state index < -0.39 is 5.97 Å². The molecular weight excluding hydrogens is 358 g/mol. The van der Waals surface area contributed by atoms with Crippen molar-refractivity contribution in [2.24, 2.45) is 0 Å². The molecule has 3 rings (SSSR count). The molecule has 0 unspecified atom stereocenters. The van der Waals surface area contributed by atoms with Crippen molar-refractivity contribution in [3.8, 4) is 5.75 Å². The largest absolute Gasteiger partial charge is 0.495 e. The number of aromatic carboxylic acids is 1. The van der Waals surface area contributed by atoms with Crippen molar-refractivity contribution in [3.63, 3.8) is 0 Å². The fourth-order valence-corrected chi connectivity index (χ4v) is 3.65. The molecule has 0 atom stereocenters. The summed E-state index contributed by atoms with van der Waals surface area (Å²) in [6.45, 7) is 0. The number of carboxylic acids is 1. The molecule has 0 aromatic heterocycles. The van der Waals surface area contributed by atoms with Crippen LogP contribution in [-0.2, 0) is 4.79 Å². The first-order valence-electron chi connectivity index (χ1n) is 7.25. The summed E-state index contributed by atoms with van der Waals surface area (Å²) in [6, 6.07) is 13.5. The van der Waals surface area contributed by atoms with Crippen LogP contribution in [0.15, 0.2) is 53.4 Å². The topological polar surface area (TPSA) is 66.8 Å². The molecule has 1 aliphatic rings. The van der Waals surface area contributed by atoms with E-state index in [-0.39, 0.29) is 11.5 Å². The summed E-state index contributed by atoms with van der Waals surface area (Å²) in [5, 5.41) is 8.94. The maximum absolute atomic E-state index is 12.8. The van der Waals surface area contributed by atoms with Gasteiger partial charge in [0.05, 0.1) is 23.3 Å². The van der Waals surface area contributed by atoms with Gasteiger partial charge in [0.1, 0.15) is 5.75 Å². The van der Waals surface area contributed by atoms with Gasteiger partial charge in [0.25, 0.3) is 5.91 Å². The molecule has 1 N–H and O–H groups in total. The molecule has 0 spiro atoms. The number of thioether (sulfide) groups is 1. The van der Waals surface area contributed by atoms with E-state index in [2.05, 4.69) is 0 Å². The highest BCUT2D eigenvalue weighted by molar-refractivity contribution is 8.27. The van der Waals surface area contributed by atoms with Gasteiger partial charge >= 0.3 is 5.97 Å². The lowest BCUT2D eigenvalue weighted by atomic mass is 10.1. The summed E-state index contributed by atoms with van der Waals surface area (Å²) in [5.74, 6) is -0.665. The highest BCUT2D eigenvalue weighted by atomic mass is 32.2. The molecule has 2 aromatic rings. The minimum Gasteiger partial charge on any atom is -0.495 e. The van der Waals surface area contributed by atoms with Gasteiger partial charge < -0.3 is 9.84 Å². The van der Waals surface area contributed by atoms with Gasteiger partial charge in [-0.2, -0.15) is 0 Å². The van der Waals surface area contributed by atoms with Crippen LogP contribution in [0.25, 0.3) is 6.08 Å². The number of amides is 1. The Balaban J connectivity index is 1.92. The molecule has 2 aromatic carbocycles. The van der Waals surface area contributed by atoms with Crippen LogP contribution < -0.4 is 9.64 Å². The molecule has 1 heterocycles. The van der Waals surface area contributed by atoms with Crippen molar-refractivity contribution in [3.05, 3.63) is 64.6 Å². The molecule has 1 saturated heterocycles. The number of hydrogen-bond donors (Lipinski definition) is 1. The molecule has 0 bridgehead atoms. The number of carbonyl (C=O) groups is 2.